The monoisotopic (exact) mass is 204 g/mol. The first-order valence-electron chi connectivity index (χ1n) is 5.65. The Balaban J connectivity index is 1.69. The van der Waals surface area contributed by atoms with Crippen LogP contribution in [-0.4, -0.2) is 5.25 Å². The van der Waals surface area contributed by atoms with Crippen LogP contribution < -0.4 is 0 Å². The zero-order chi connectivity index (χ0) is 9.38. The highest BCUT2D eigenvalue weighted by atomic mass is 32.2. The van der Waals surface area contributed by atoms with E-state index in [4.69, 9.17) is 0 Å². The third kappa shape index (κ3) is 1.98. The molecule has 74 valence electrons. The van der Waals surface area contributed by atoms with Crippen LogP contribution in [0.1, 0.15) is 25.7 Å². The van der Waals surface area contributed by atoms with Gasteiger partial charge in [-0.05, 0) is 49.7 Å². The van der Waals surface area contributed by atoms with Gasteiger partial charge in [0.25, 0.3) is 0 Å². The molecule has 0 heterocycles. The summed E-state index contributed by atoms with van der Waals surface area (Å²) >= 11 is 2.13. The highest BCUT2D eigenvalue weighted by molar-refractivity contribution is 8.00. The van der Waals surface area contributed by atoms with Gasteiger partial charge in [0.1, 0.15) is 0 Å². The molecule has 0 spiro atoms. The van der Waals surface area contributed by atoms with Crippen LogP contribution in [0.5, 0.6) is 0 Å². The van der Waals surface area contributed by atoms with Crippen molar-refractivity contribution in [3.8, 4) is 0 Å². The predicted molar refractivity (Wildman–Crippen MR) is 61.5 cm³/mol. The van der Waals surface area contributed by atoms with Gasteiger partial charge in [-0.1, -0.05) is 18.2 Å². The quantitative estimate of drug-likeness (QED) is 0.669. The molecule has 1 heteroatoms. The normalized spacial score (nSPS) is 21.5. The molecule has 3 rings (SSSR count). The van der Waals surface area contributed by atoms with Crippen LogP contribution in [0.25, 0.3) is 0 Å². The molecule has 0 aromatic heterocycles. The number of rotatable bonds is 4. The Morgan fingerprint density at radius 2 is 1.50 bits per heavy atom. The van der Waals surface area contributed by atoms with E-state index in [0.29, 0.717) is 0 Å². The molecule has 0 unspecified atom stereocenters. The van der Waals surface area contributed by atoms with Crippen molar-refractivity contribution < 1.29 is 0 Å². The van der Waals surface area contributed by atoms with Crippen molar-refractivity contribution in [2.45, 2.75) is 35.8 Å². The average Bonchev–Trinajstić information content (AvgIpc) is 3.08. The van der Waals surface area contributed by atoms with Crippen LogP contribution in [0.3, 0.4) is 0 Å². The van der Waals surface area contributed by atoms with Crippen molar-refractivity contribution >= 4 is 11.8 Å². The minimum Gasteiger partial charge on any atom is -0.122 e. The van der Waals surface area contributed by atoms with Gasteiger partial charge in [-0.3, -0.25) is 0 Å². The van der Waals surface area contributed by atoms with Crippen LogP contribution in [0, 0.1) is 11.8 Å². The first-order chi connectivity index (χ1) is 6.93. The largest absolute Gasteiger partial charge is 0.122 e. The van der Waals surface area contributed by atoms with Gasteiger partial charge >= 0.3 is 0 Å². The van der Waals surface area contributed by atoms with Crippen molar-refractivity contribution in [1.29, 1.82) is 0 Å². The molecular weight excluding hydrogens is 188 g/mol. The van der Waals surface area contributed by atoms with E-state index in [2.05, 4.69) is 42.1 Å². The molecule has 0 atom stereocenters. The van der Waals surface area contributed by atoms with Crippen LogP contribution >= 0.6 is 11.8 Å². The molecule has 2 aliphatic rings. The van der Waals surface area contributed by atoms with E-state index in [9.17, 15) is 0 Å². The summed E-state index contributed by atoms with van der Waals surface area (Å²) in [4.78, 5) is 1.47. The van der Waals surface area contributed by atoms with Gasteiger partial charge in [0, 0.05) is 10.1 Å². The lowest BCUT2D eigenvalue weighted by molar-refractivity contribution is 0.673. The van der Waals surface area contributed by atoms with E-state index in [1.54, 1.807) is 0 Å². The van der Waals surface area contributed by atoms with Crippen molar-refractivity contribution in [1.82, 2.24) is 0 Å². The Hall–Kier alpha value is -0.430. The molecule has 0 saturated heterocycles. The molecule has 14 heavy (non-hydrogen) atoms. The van der Waals surface area contributed by atoms with Crippen LogP contribution in [0.15, 0.2) is 35.2 Å². The maximum atomic E-state index is 2.25. The van der Waals surface area contributed by atoms with Gasteiger partial charge in [0.05, 0.1) is 0 Å². The van der Waals surface area contributed by atoms with E-state index in [1.165, 1.54) is 30.6 Å². The standard InChI is InChI=1S/C13H16S/c1-2-4-12(5-3-1)14-13(10-6-7-10)11-8-9-11/h1-5,10-11,13H,6-9H2. The van der Waals surface area contributed by atoms with Crippen molar-refractivity contribution in [3.05, 3.63) is 30.3 Å². The molecule has 0 aliphatic heterocycles. The fraction of sp³-hybridized carbons (Fsp3) is 0.538. The van der Waals surface area contributed by atoms with E-state index >= 15 is 0 Å². The first-order valence-corrected chi connectivity index (χ1v) is 6.53. The third-order valence-electron chi connectivity index (χ3n) is 3.19. The Kier molecular flexibility index (Phi) is 2.28. The molecule has 1 aromatic rings. The van der Waals surface area contributed by atoms with Gasteiger partial charge in [-0.2, -0.15) is 0 Å². The number of hydrogen-bond acceptors (Lipinski definition) is 1. The highest BCUT2D eigenvalue weighted by Gasteiger charge is 2.41. The second kappa shape index (κ2) is 3.62. The van der Waals surface area contributed by atoms with E-state index < -0.39 is 0 Å². The summed E-state index contributed by atoms with van der Waals surface area (Å²) in [5.74, 6) is 2.10. The summed E-state index contributed by atoms with van der Waals surface area (Å²) in [5.41, 5.74) is 0. The maximum absolute atomic E-state index is 2.25. The molecule has 0 radical (unpaired) electrons. The molecule has 0 N–H and O–H groups in total. The number of hydrogen-bond donors (Lipinski definition) is 0. The summed E-state index contributed by atoms with van der Waals surface area (Å²) in [5, 5.41) is 0.942. The smallest absolute Gasteiger partial charge is 0.0151 e. The minimum absolute atomic E-state index is 0.942. The zero-order valence-corrected chi connectivity index (χ0v) is 9.17. The fourth-order valence-electron chi connectivity index (χ4n) is 2.08. The molecule has 2 fully saturated rings. The minimum atomic E-state index is 0.942. The van der Waals surface area contributed by atoms with Crippen molar-refractivity contribution in [2.24, 2.45) is 11.8 Å². The van der Waals surface area contributed by atoms with Gasteiger partial charge in [-0.25, -0.2) is 0 Å². The molecule has 1 aromatic carbocycles. The zero-order valence-electron chi connectivity index (χ0n) is 8.36. The second-order valence-corrected chi connectivity index (χ2v) is 5.82. The lowest BCUT2D eigenvalue weighted by atomic mass is 10.2. The summed E-state index contributed by atoms with van der Waals surface area (Å²) < 4.78 is 0. The summed E-state index contributed by atoms with van der Waals surface area (Å²) in [6.07, 6.45) is 5.95. The molecule has 2 aliphatic carbocycles. The highest BCUT2D eigenvalue weighted by Crippen LogP contribution is 2.52. The first kappa shape index (κ1) is 8.84. The summed E-state index contributed by atoms with van der Waals surface area (Å²) in [7, 11) is 0. The number of thioether (sulfide) groups is 1. The number of benzene rings is 1. The molecule has 0 nitrogen and oxygen atoms in total. The van der Waals surface area contributed by atoms with Crippen LogP contribution in [-0.2, 0) is 0 Å². The Bertz CT molecular complexity index is 286. The van der Waals surface area contributed by atoms with E-state index in [0.717, 1.165) is 17.1 Å². The van der Waals surface area contributed by atoms with Gasteiger partial charge in [-0.15, -0.1) is 11.8 Å². The molecule has 0 bridgehead atoms. The molecular formula is C13H16S. The predicted octanol–water partition coefficient (Wildman–Crippen LogP) is 3.97. The summed E-state index contributed by atoms with van der Waals surface area (Å²) in [6, 6.07) is 10.9. The SMILES string of the molecule is c1ccc(SC(C2CC2)C2CC2)cc1. The fourth-order valence-corrected chi connectivity index (χ4v) is 3.64. The second-order valence-electron chi connectivity index (χ2n) is 4.57. The average molecular weight is 204 g/mol. The van der Waals surface area contributed by atoms with Crippen LogP contribution in [0.2, 0.25) is 0 Å². The van der Waals surface area contributed by atoms with Gasteiger partial charge in [0.15, 0.2) is 0 Å². The molecule has 0 amide bonds. The Labute approximate surface area is 90.1 Å². The topological polar surface area (TPSA) is 0 Å². The van der Waals surface area contributed by atoms with Gasteiger partial charge in [0.2, 0.25) is 0 Å². The van der Waals surface area contributed by atoms with E-state index in [-0.39, 0.29) is 0 Å². The molecule has 2 saturated carbocycles. The third-order valence-corrected chi connectivity index (χ3v) is 4.77. The lowest BCUT2D eigenvalue weighted by Gasteiger charge is -2.14. The Morgan fingerprint density at radius 1 is 0.929 bits per heavy atom. The van der Waals surface area contributed by atoms with Crippen molar-refractivity contribution in [3.63, 3.8) is 0 Å². The van der Waals surface area contributed by atoms with Gasteiger partial charge < -0.3 is 0 Å². The lowest BCUT2D eigenvalue weighted by Crippen LogP contribution is -2.07. The Morgan fingerprint density at radius 3 is 2.00 bits per heavy atom. The van der Waals surface area contributed by atoms with Crippen LogP contribution in [0.4, 0.5) is 0 Å². The summed E-state index contributed by atoms with van der Waals surface area (Å²) in [6.45, 7) is 0. The van der Waals surface area contributed by atoms with Crippen molar-refractivity contribution in [2.75, 3.05) is 0 Å². The maximum Gasteiger partial charge on any atom is 0.0151 e. The van der Waals surface area contributed by atoms with E-state index in [1.807, 2.05) is 0 Å².